The first-order chi connectivity index (χ1) is 43.3. The first kappa shape index (κ1) is 78.4. The number of methoxy groups -OCH3 is 3. The summed E-state index contributed by atoms with van der Waals surface area (Å²) < 4.78 is 74.5. The van der Waals surface area contributed by atoms with Crippen LogP contribution >= 0.6 is 0 Å². The van der Waals surface area contributed by atoms with Crippen molar-refractivity contribution in [1.82, 2.24) is 10.2 Å². The van der Waals surface area contributed by atoms with Crippen molar-refractivity contribution >= 4 is 29.5 Å². The van der Waals surface area contributed by atoms with Gasteiger partial charge in [0.25, 0.3) is 11.7 Å². The van der Waals surface area contributed by atoms with Crippen molar-refractivity contribution in [3.05, 3.63) is 47.6 Å². The van der Waals surface area contributed by atoms with E-state index in [1.807, 2.05) is 78.0 Å². The molecule has 0 unspecified atom stereocenters. The second kappa shape index (κ2) is 43.8. The van der Waals surface area contributed by atoms with E-state index in [-0.39, 0.29) is 61.7 Å². The van der Waals surface area contributed by atoms with Gasteiger partial charge in [0.05, 0.1) is 104 Å². The molecule has 22 nitrogen and oxygen atoms in total. The van der Waals surface area contributed by atoms with Gasteiger partial charge in [0.2, 0.25) is 5.79 Å². The number of hydrogen-bond donors (Lipinski definition) is 3. The molecular weight excluding hydrogens is 1160 g/mol. The standard InChI is InChI=1S/C68H114N2O20/c1-12-81-30-31-83-34-35-85-38-39-87-41-40-86-37-36-84-33-32-82-29-27-69-67(76)89-58-26-23-54(45-60(58)79-10)44-50(5)57-25-21-48(3)43-52(7)62(72)63(80-11)61(71)51(6)42-47(2)18-14-13-15-19-49(4)59(78-9)46-55-24-22-53(8)68(77,90-55)64(73)65(74)70-28-17-16-20-56(70)66(75)88-57/h13-15,18-19,43,47-48,50-51,53-60,62-63,72,77H,12,16-17,20-42,44-46H2,1-11H3,(H,69,76)/b15-13+,18-14+,49-19+,52-43+/t47-,48+,50-,51-,53-,54+,55+,56+,57+,58-,59+,60-,62-,63+,68-/m1/s1. The SMILES string of the molecule is CCOCCOCCOCCOCCOCCOCCOCCNC(=O)O[C@@H]1CC[C@@H](C[C@@H](C)[C@@H]2CC[C@H](C)/C=C(\C)[C@@H](O)[C@@H](OC)C(=O)[C@H](C)C[C@H](C)/C=C/C=C/C=C(\C)[C@@H](OC)C[C@@H]3CC[C@@H](C)[C@@](O)(O3)C(=O)C(=O)N3CCCC[C@H]3C(=O)O2)C[C@H]1OC. The Morgan fingerprint density at radius 2 is 1.31 bits per heavy atom. The number of rotatable bonds is 29. The highest BCUT2D eigenvalue weighted by atomic mass is 16.6. The number of cyclic esters (lactones) is 1. The van der Waals surface area contributed by atoms with Crippen molar-refractivity contribution in [1.29, 1.82) is 0 Å². The van der Waals surface area contributed by atoms with Gasteiger partial charge in [-0.05, 0) is 133 Å². The fraction of sp³-hybridized carbons (Fsp3) is 0.809. The van der Waals surface area contributed by atoms with Crippen LogP contribution in [0.2, 0.25) is 0 Å². The number of aliphatic hydroxyl groups is 2. The highest BCUT2D eigenvalue weighted by Gasteiger charge is 2.53. The zero-order valence-corrected chi connectivity index (χ0v) is 56.2. The first-order valence-electron chi connectivity index (χ1n) is 33.2. The van der Waals surface area contributed by atoms with Gasteiger partial charge in [-0.3, -0.25) is 14.4 Å². The Bertz CT molecular complexity index is 2210. The van der Waals surface area contributed by atoms with E-state index in [2.05, 4.69) is 5.32 Å². The third-order valence-electron chi connectivity index (χ3n) is 17.7. The lowest BCUT2D eigenvalue weighted by Gasteiger charge is -2.42. The third kappa shape index (κ3) is 27.5. The Morgan fingerprint density at radius 3 is 1.91 bits per heavy atom. The average Bonchev–Trinajstić information content (AvgIpc) is 0.801. The number of carbonyl (C=O) groups excluding carboxylic acids is 5. The lowest BCUT2D eigenvalue weighted by molar-refractivity contribution is -0.265. The zero-order chi connectivity index (χ0) is 65.8. The molecule has 3 heterocycles. The van der Waals surface area contributed by atoms with Gasteiger partial charge in [0, 0.05) is 59.3 Å². The topological polar surface area (TPSA) is 261 Å². The summed E-state index contributed by atoms with van der Waals surface area (Å²) in [6.07, 6.45) is 12.9. The van der Waals surface area contributed by atoms with Crippen molar-refractivity contribution in [2.45, 2.75) is 193 Å². The number of aliphatic hydroxyl groups excluding tert-OH is 1. The number of alkyl carbamates (subject to hydrolysis) is 1. The van der Waals surface area contributed by atoms with E-state index in [4.69, 9.17) is 61.6 Å². The van der Waals surface area contributed by atoms with Gasteiger partial charge < -0.3 is 82.0 Å². The Hall–Kier alpha value is -4.01. The summed E-state index contributed by atoms with van der Waals surface area (Å²) in [5.41, 5.74) is 1.47. The summed E-state index contributed by atoms with van der Waals surface area (Å²) in [6.45, 7) is 22.2. The van der Waals surface area contributed by atoms with Gasteiger partial charge in [-0.2, -0.15) is 0 Å². The van der Waals surface area contributed by atoms with Crippen molar-refractivity contribution in [2.75, 3.05) is 127 Å². The molecule has 0 spiro atoms. The summed E-state index contributed by atoms with van der Waals surface area (Å²) in [5, 5.41) is 26.5. The van der Waals surface area contributed by atoms with Crippen LogP contribution in [0.3, 0.4) is 0 Å². The second-order valence-corrected chi connectivity index (χ2v) is 24.9. The zero-order valence-electron chi connectivity index (χ0n) is 56.2. The number of hydrogen-bond acceptors (Lipinski definition) is 20. The first-order valence-corrected chi connectivity index (χ1v) is 33.2. The predicted octanol–water partition coefficient (Wildman–Crippen LogP) is 7.87. The van der Waals surface area contributed by atoms with Crippen molar-refractivity contribution in [2.24, 2.45) is 35.5 Å². The predicted molar refractivity (Wildman–Crippen MR) is 338 cm³/mol. The molecule has 90 heavy (non-hydrogen) atoms. The highest BCUT2D eigenvalue weighted by Crippen LogP contribution is 2.38. The van der Waals surface area contributed by atoms with Gasteiger partial charge in [0.15, 0.2) is 5.78 Å². The lowest BCUT2D eigenvalue weighted by Crippen LogP contribution is -2.61. The normalized spacial score (nSPS) is 32.4. The number of Topliss-reactive ketones (excluding diaryl/α,β-unsaturated/α-hetero) is 2. The molecule has 0 aromatic rings. The number of fused-ring (bicyclic) bond motifs is 3. The number of nitrogens with one attached hydrogen (secondary N) is 1. The van der Waals surface area contributed by atoms with Crippen molar-refractivity contribution < 1.29 is 95.8 Å². The minimum absolute atomic E-state index is 0.0399. The van der Waals surface area contributed by atoms with E-state index >= 15 is 0 Å². The van der Waals surface area contributed by atoms with Crippen LogP contribution in [0.1, 0.15) is 139 Å². The number of allylic oxidation sites excluding steroid dienone is 6. The van der Waals surface area contributed by atoms with Crippen LogP contribution in [-0.2, 0) is 80.8 Å². The van der Waals surface area contributed by atoms with Gasteiger partial charge in [-0.25, -0.2) is 9.59 Å². The average molecular weight is 1280 g/mol. The Morgan fingerprint density at radius 1 is 0.689 bits per heavy atom. The monoisotopic (exact) mass is 1280 g/mol. The Balaban J connectivity index is 1.36. The second-order valence-electron chi connectivity index (χ2n) is 24.9. The largest absolute Gasteiger partial charge is 0.461 e. The maximum atomic E-state index is 14.7. The number of amides is 2. The fourth-order valence-corrected chi connectivity index (χ4v) is 12.3. The lowest BCUT2D eigenvalue weighted by atomic mass is 9.78. The van der Waals surface area contributed by atoms with Gasteiger partial charge >= 0.3 is 12.1 Å². The van der Waals surface area contributed by atoms with Crippen LogP contribution in [0.25, 0.3) is 0 Å². The van der Waals surface area contributed by atoms with E-state index in [1.165, 1.54) is 12.0 Å². The summed E-state index contributed by atoms with van der Waals surface area (Å²) in [6, 6.07) is -1.08. The molecule has 2 bridgehead atoms. The van der Waals surface area contributed by atoms with E-state index in [1.54, 1.807) is 28.1 Å². The molecule has 4 aliphatic rings. The molecule has 1 aliphatic carbocycles. The molecule has 15 atom stereocenters. The number of nitrogens with zero attached hydrogens (tertiary/aromatic N) is 1. The molecule has 1 saturated carbocycles. The minimum atomic E-state index is -2.42. The molecule has 516 valence electrons. The van der Waals surface area contributed by atoms with E-state index in [9.17, 15) is 34.2 Å². The minimum Gasteiger partial charge on any atom is -0.461 e. The Labute approximate surface area is 537 Å². The number of esters is 1. The van der Waals surface area contributed by atoms with E-state index in [0.29, 0.717) is 169 Å². The number of ketones is 2. The number of carbonyl (C=O) groups is 5. The van der Waals surface area contributed by atoms with Crippen LogP contribution in [-0.4, -0.2) is 226 Å². The maximum Gasteiger partial charge on any atom is 0.407 e. The van der Waals surface area contributed by atoms with Crippen LogP contribution in [0.4, 0.5) is 4.79 Å². The molecule has 0 aromatic carbocycles. The number of piperidine rings is 1. The molecule has 22 heteroatoms. The van der Waals surface area contributed by atoms with Gasteiger partial charge in [-0.1, -0.05) is 71.1 Å². The van der Waals surface area contributed by atoms with Crippen LogP contribution in [0.15, 0.2) is 47.6 Å². The molecule has 4 rings (SSSR count). The van der Waals surface area contributed by atoms with Crippen molar-refractivity contribution in [3.63, 3.8) is 0 Å². The number of ether oxygens (including phenoxy) is 13. The molecule has 2 saturated heterocycles. The molecule has 3 fully saturated rings. The van der Waals surface area contributed by atoms with E-state index < -0.39 is 84.0 Å². The molecule has 3 N–H and O–H groups in total. The quantitative estimate of drug-likeness (QED) is 0.0278. The smallest absolute Gasteiger partial charge is 0.407 e. The van der Waals surface area contributed by atoms with Crippen LogP contribution in [0, 0.1) is 35.5 Å². The maximum absolute atomic E-state index is 14.7. The van der Waals surface area contributed by atoms with Crippen LogP contribution in [0.5, 0.6) is 0 Å². The molecular formula is C68H114N2O20. The van der Waals surface area contributed by atoms with E-state index in [0.717, 1.165) is 5.57 Å². The fourth-order valence-electron chi connectivity index (χ4n) is 12.3. The summed E-state index contributed by atoms with van der Waals surface area (Å²) in [5.74, 6) is -6.61. The van der Waals surface area contributed by atoms with Crippen LogP contribution < -0.4 is 5.32 Å². The summed E-state index contributed by atoms with van der Waals surface area (Å²) >= 11 is 0. The molecule has 0 aromatic heterocycles. The van der Waals surface area contributed by atoms with Gasteiger partial charge in [-0.15, -0.1) is 0 Å². The van der Waals surface area contributed by atoms with Gasteiger partial charge in [0.1, 0.15) is 30.5 Å². The molecule has 0 radical (unpaired) electrons. The summed E-state index contributed by atoms with van der Waals surface area (Å²) in [7, 11) is 4.62. The summed E-state index contributed by atoms with van der Waals surface area (Å²) in [4.78, 5) is 71.7. The van der Waals surface area contributed by atoms with Crippen molar-refractivity contribution in [3.8, 4) is 0 Å². The Kier molecular flexibility index (Phi) is 38.2. The third-order valence-corrected chi connectivity index (χ3v) is 17.7. The highest BCUT2D eigenvalue weighted by molar-refractivity contribution is 6.39. The molecule has 3 aliphatic heterocycles. The molecule has 2 amide bonds.